The van der Waals surface area contributed by atoms with E-state index in [-0.39, 0.29) is 5.91 Å². The van der Waals surface area contributed by atoms with E-state index in [9.17, 15) is 4.79 Å². The van der Waals surface area contributed by atoms with Crippen LogP contribution >= 0.6 is 0 Å². The van der Waals surface area contributed by atoms with E-state index in [1.54, 1.807) is 0 Å². The molecule has 0 saturated carbocycles. The van der Waals surface area contributed by atoms with E-state index in [4.69, 9.17) is 5.73 Å². The van der Waals surface area contributed by atoms with Crippen LogP contribution in [0.3, 0.4) is 0 Å². The number of rotatable bonds is 5. The van der Waals surface area contributed by atoms with Gasteiger partial charge in [-0.25, -0.2) is 0 Å². The van der Waals surface area contributed by atoms with Crippen molar-refractivity contribution >= 4 is 5.91 Å². The Bertz CT molecular complexity index is 178. The van der Waals surface area contributed by atoms with Gasteiger partial charge >= 0.3 is 0 Å². The second kappa shape index (κ2) is 5.98. The highest BCUT2D eigenvalue weighted by atomic mass is 16.1. The van der Waals surface area contributed by atoms with E-state index in [2.05, 4.69) is 17.1 Å². The third-order valence-corrected chi connectivity index (χ3v) is 2.73. The number of hydrogen-bond donors (Lipinski definition) is 2. The van der Waals surface area contributed by atoms with E-state index in [1.165, 1.54) is 25.9 Å². The molecule has 1 heterocycles. The Labute approximate surface area is 85.8 Å². The zero-order valence-corrected chi connectivity index (χ0v) is 8.96. The molecule has 0 aromatic heterocycles. The summed E-state index contributed by atoms with van der Waals surface area (Å²) in [6, 6.07) is 0.458. The highest BCUT2D eigenvalue weighted by molar-refractivity contribution is 5.76. The van der Waals surface area contributed by atoms with Gasteiger partial charge < -0.3 is 11.1 Å². The molecular formula is C10H21N3O. The number of nitrogens with two attached hydrogens (primary N) is 1. The van der Waals surface area contributed by atoms with Crippen LogP contribution in [0.25, 0.3) is 0 Å². The van der Waals surface area contributed by atoms with Crippen LogP contribution in [0.5, 0.6) is 0 Å². The molecule has 1 unspecified atom stereocenters. The number of likely N-dealkylation sites (tertiary alicyclic amines) is 1. The van der Waals surface area contributed by atoms with Crippen LogP contribution in [0.2, 0.25) is 0 Å². The molecule has 0 aromatic carbocycles. The molecule has 82 valence electrons. The van der Waals surface area contributed by atoms with Crippen LogP contribution in [0, 0.1) is 0 Å². The van der Waals surface area contributed by atoms with Crippen molar-refractivity contribution in [1.82, 2.24) is 10.2 Å². The van der Waals surface area contributed by atoms with Gasteiger partial charge in [0, 0.05) is 25.6 Å². The van der Waals surface area contributed by atoms with Gasteiger partial charge in [-0.05, 0) is 32.9 Å². The average Bonchev–Trinajstić information content (AvgIpc) is 2.67. The van der Waals surface area contributed by atoms with Gasteiger partial charge in [0.05, 0.1) is 0 Å². The molecule has 0 radical (unpaired) electrons. The average molecular weight is 199 g/mol. The summed E-state index contributed by atoms with van der Waals surface area (Å²) in [5.41, 5.74) is 5.29. The summed E-state index contributed by atoms with van der Waals surface area (Å²) >= 11 is 0. The minimum Gasteiger partial charge on any atom is -0.355 e. The van der Waals surface area contributed by atoms with Crippen LogP contribution in [0.4, 0.5) is 0 Å². The Kier molecular flexibility index (Phi) is 4.90. The van der Waals surface area contributed by atoms with Crippen molar-refractivity contribution < 1.29 is 4.79 Å². The third-order valence-electron chi connectivity index (χ3n) is 2.73. The normalized spacial score (nSPS) is 19.6. The van der Waals surface area contributed by atoms with Gasteiger partial charge in [-0.15, -0.1) is 0 Å². The quantitative estimate of drug-likeness (QED) is 0.652. The lowest BCUT2D eigenvalue weighted by Gasteiger charge is -2.23. The molecule has 1 aliphatic rings. The maximum Gasteiger partial charge on any atom is 0.221 e. The Morgan fingerprint density at radius 2 is 2.14 bits per heavy atom. The minimum atomic E-state index is 0.0681. The Morgan fingerprint density at radius 3 is 2.71 bits per heavy atom. The Balaban J connectivity index is 2.13. The molecule has 4 heteroatoms. The first-order chi connectivity index (χ1) is 6.74. The molecule has 1 saturated heterocycles. The monoisotopic (exact) mass is 199 g/mol. The van der Waals surface area contributed by atoms with E-state index in [1.807, 2.05) is 0 Å². The van der Waals surface area contributed by atoms with Crippen LogP contribution in [-0.2, 0) is 4.79 Å². The summed E-state index contributed by atoms with van der Waals surface area (Å²) in [5.74, 6) is 0.0681. The second-order valence-corrected chi connectivity index (χ2v) is 3.93. The second-order valence-electron chi connectivity index (χ2n) is 3.93. The molecule has 0 aliphatic carbocycles. The van der Waals surface area contributed by atoms with Crippen molar-refractivity contribution in [1.29, 1.82) is 0 Å². The molecular weight excluding hydrogens is 178 g/mol. The van der Waals surface area contributed by atoms with Crippen molar-refractivity contribution in [2.24, 2.45) is 5.73 Å². The van der Waals surface area contributed by atoms with Crippen LogP contribution in [-0.4, -0.2) is 43.0 Å². The maximum absolute atomic E-state index is 11.2. The lowest BCUT2D eigenvalue weighted by atomic mass is 10.3. The first kappa shape index (κ1) is 11.5. The van der Waals surface area contributed by atoms with Crippen molar-refractivity contribution in [3.63, 3.8) is 0 Å². The standard InChI is InChI=1S/C10H21N3O/c1-9(13-6-2-3-7-13)8-12-10(14)4-5-11/h9H,2-8,11H2,1H3,(H,12,14). The lowest BCUT2D eigenvalue weighted by molar-refractivity contribution is -0.121. The molecule has 14 heavy (non-hydrogen) atoms. The summed E-state index contributed by atoms with van der Waals surface area (Å²) < 4.78 is 0. The van der Waals surface area contributed by atoms with E-state index in [0.29, 0.717) is 19.0 Å². The van der Waals surface area contributed by atoms with E-state index < -0.39 is 0 Å². The molecule has 0 spiro atoms. The van der Waals surface area contributed by atoms with Gasteiger partial charge in [-0.3, -0.25) is 9.69 Å². The van der Waals surface area contributed by atoms with Gasteiger partial charge in [0.15, 0.2) is 0 Å². The predicted octanol–water partition coefficient (Wildman–Crippen LogP) is -0.0643. The van der Waals surface area contributed by atoms with Crippen molar-refractivity contribution in [2.75, 3.05) is 26.2 Å². The van der Waals surface area contributed by atoms with Gasteiger partial charge in [0.25, 0.3) is 0 Å². The van der Waals surface area contributed by atoms with Gasteiger partial charge in [0.1, 0.15) is 0 Å². The molecule has 3 N–H and O–H groups in total. The third kappa shape index (κ3) is 3.64. The van der Waals surface area contributed by atoms with Gasteiger partial charge in [-0.1, -0.05) is 0 Å². The number of carbonyl (C=O) groups is 1. The largest absolute Gasteiger partial charge is 0.355 e. The van der Waals surface area contributed by atoms with Crippen LogP contribution in [0.15, 0.2) is 0 Å². The Morgan fingerprint density at radius 1 is 1.50 bits per heavy atom. The zero-order valence-electron chi connectivity index (χ0n) is 8.96. The fraction of sp³-hybridized carbons (Fsp3) is 0.900. The summed E-state index contributed by atoms with van der Waals surface area (Å²) in [5, 5.41) is 2.90. The summed E-state index contributed by atoms with van der Waals surface area (Å²) in [6.45, 7) is 5.69. The predicted molar refractivity (Wildman–Crippen MR) is 57.0 cm³/mol. The summed E-state index contributed by atoms with van der Waals surface area (Å²) in [7, 11) is 0. The molecule has 1 rings (SSSR count). The fourth-order valence-electron chi connectivity index (χ4n) is 1.79. The summed E-state index contributed by atoms with van der Waals surface area (Å²) in [6.07, 6.45) is 3.02. The maximum atomic E-state index is 11.2. The smallest absolute Gasteiger partial charge is 0.221 e. The molecule has 0 aromatic rings. The highest BCUT2D eigenvalue weighted by Crippen LogP contribution is 2.10. The topological polar surface area (TPSA) is 58.4 Å². The summed E-state index contributed by atoms with van der Waals surface area (Å²) in [4.78, 5) is 13.6. The van der Waals surface area contributed by atoms with Gasteiger partial charge in [-0.2, -0.15) is 0 Å². The molecule has 0 bridgehead atoms. The molecule has 4 nitrogen and oxygen atoms in total. The molecule has 1 aliphatic heterocycles. The van der Waals surface area contributed by atoms with Crippen molar-refractivity contribution in [3.8, 4) is 0 Å². The zero-order chi connectivity index (χ0) is 10.4. The van der Waals surface area contributed by atoms with Crippen LogP contribution in [0.1, 0.15) is 26.2 Å². The van der Waals surface area contributed by atoms with E-state index in [0.717, 1.165) is 6.54 Å². The van der Waals surface area contributed by atoms with Crippen molar-refractivity contribution in [2.45, 2.75) is 32.2 Å². The van der Waals surface area contributed by atoms with Crippen molar-refractivity contribution in [3.05, 3.63) is 0 Å². The molecule has 1 fully saturated rings. The fourth-order valence-corrected chi connectivity index (χ4v) is 1.79. The highest BCUT2D eigenvalue weighted by Gasteiger charge is 2.17. The Hall–Kier alpha value is -0.610. The number of carbonyl (C=O) groups excluding carboxylic acids is 1. The van der Waals surface area contributed by atoms with Gasteiger partial charge in [0.2, 0.25) is 5.91 Å². The number of amides is 1. The van der Waals surface area contributed by atoms with Crippen LogP contribution < -0.4 is 11.1 Å². The first-order valence-corrected chi connectivity index (χ1v) is 5.45. The SMILES string of the molecule is CC(CNC(=O)CCN)N1CCCC1. The molecule has 1 amide bonds. The first-order valence-electron chi connectivity index (χ1n) is 5.45. The minimum absolute atomic E-state index is 0.0681. The number of nitrogens with one attached hydrogen (secondary N) is 1. The van der Waals surface area contributed by atoms with E-state index >= 15 is 0 Å². The lowest BCUT2D eigenvalue weighted by Crippen LogP contribution is -2.41. The number of nitrogens with zero attached hydrogens (tertiary/aromatic N) is 1. The molecule has 1 atom stereocenters. The number of hydrogen-bond acceptors (Lipinski definition) is 3.